The normalized spacial score (nSPS) is 21.5. The van der Waals surface area contributed by atoms with E-state index in [-0.39, 0.29) is 23.7 Å². The van der Waals surface area contributed by atoms with E-state index in [1.807, 2.05) is 0 Å². The maximum atomic E-state index is 11.6. The molecular weight excluding hydrogens is 206 g/mol. The van der Waals surface area contributed by atoms with Crippen LogP contribution in [0.15, 0.2) is 0 Å². The van der Waals surface area contributed by atoms with Gasteiger partial charge in [0.05, 0.1) is 0 Å². The largest absolute Gasteiger partial charge is 0.481 e. The van der Waals surface area contributed by atoms with Crippen LogP contribution >= 0.6 is 0 Å². The Labute approximate surface area is 96.4 Å². The fraction of sp³-hybridized carbons (Fsp3) is 0.833. The van der Waals surface area contributed by atoms with E-state index in [4.69, 9.17) is 5.11 Å². The summed E-state index contributed by atoms with van der Waals surface area (Å²) in [5.41, 5.74) is 0.188. The number of amides is 1. The molecule has 1 aliphatic rings. The summed E-state index contributed by atoms with van der Waals surface area (Å²) in [6.07, 6.45) is 3.63. The number of hydrogen-bond acceptors (Lipinski definition) is 2. The van der Waals surface area contributed by atoms with Crippen LogP contribution in [0.3, 0.4) is 0 Å². The summed E-state index contributed by atoms with van der Waals surface area (Å²) in [6, 6.07) is 0. The van der Waals surface area contributed by atoms with Crippen LogP contribution in [0.1, 0.15) is 46.0 Å². The number of carbonyl (C=O) groups is 2. The molecule has 0 aromatic carbocycles. The van der Waals surface area contributed by atoms with Crippen LogP contribution in [0.4, 0.5) is 0 Å². The summed E-state index contributed by atoms with van der Waals surface area (Å²) in [5.74, 6) is -0.404. The van der Waals surface area contributed by atoms with Crippen molar-refractivity contribution in [3.05, 3.63) is 0 Å². The van der Waals surface area contributed by atoms with Crippen molar-refractivity contribution in [2.45, 2.75) is 46.0 Å². The van der Waals surface area contributed by atoms with Gasteiger partial charge in [-0.3, -0.25) is 9.59 Å². The topological polar surface area (TPSA) is 66.4 Å². The van der Waals surface area contributed by atoms with E-state index in [2.05, 4.69) is 19.2 Å². The van der Waals surface area contributed by atoms with Crippen LogP contribution in [-0.4, -0.2) is 23.5 Å². The van der Waals surface area contributed by atoms with E-state index in [9.17, 15) is 9.59 Å². The van der Waals surface area contributed by atoms with Gasteiger partial charge >= 0.3 is 5.97 Å². The summed E-state index contributed by atoms with van der Waals surface area (Å²) in [6.45, 7) is 4.87. The Balaban J connectivity index is 1.96. The second-order valence-electron chi connectivity index (χ2n) is 5.24. The van der Waals surface area contributed by atoms with E-state index < -0.39 is 5.97 Å². The first-order valence-corrected chi connectivity index (χ1v) is 5.93. The Bertz CT molecular complexity index is 273. The summed E-state index contributed by atoms with van der Waals surface area (Å²) in [5, 5.41) is 11.3. The predicted octanol–water partition coefficient (Wildman–Crippen LogP) is 1.79. The fourth-order valence-electron chi connectivity index (χ4n) is 1.83. The maximum Gasteiger partial charge on any atom is 0.303 e. The Hall–Kier alpha value is -1.06. The number of hydrogen-bond donors (Lipinski definition) is 2. The Morgan fingerprint density at radius 1 is 1.31 bits per heavy atom. The molecule has 0 heterocycles. The summed E-state index contributed by atoms with van der Waals surface area (Å²) >= 11 is 0. The molecule has 0 aromatic rings. The third-order valence-corrected chi connectivity index (χ3v) is 3.20. The van der Waals surface area contributed by atoms with Crippen molar-refractivity contribution in [1.29, 1.82) is 0 Å². The van der Waals surface area contributed by atoms with Gasteiger partial charge in [0.2, 0.25) is 5.91 Å². The smallest absolute Gasteiger partial charge is 0.303 e. The molecule has 4 nitrogen and oxygen atoms in total. The molecule has 1 rings (SSSR count). The van der Waals surface area contributed by atoms with Crippen LogP contribution in [0, 0.1) is 11.3 Å². The molecule has 0 saturated heterocycles. The number of carboxylic acids is 1. The van der Waals surface area contributed by atoms with Gasteiger partial charge in [0.25, 0.3) is 0 Å². The molecule has 0 aromatic heterocycles. The third kappa shape index (κ3) is 4.21. The quantitative estimate of drug-likeness (QED) is 0.652. The third-order valence-electron chi connectivity index (χ3n) is 3.20. The minimum Gasteiger partial charge on any atom is -0.481 e. The van der Waals surface area contributed by atoms with Crippen LogP contribution in [0.2, 0.25) is 0 Å². The summed E-state index contributed by atoms with van der Waals surface area (Å²) in [7, 11) is 0. The molecule has 4 heteroatoms. The molecule has 92 valence electrons. The summed E-state index contributed by atoms with van der Waals surface area (Å²) < 4.78 is 0. The molecule has 0 radical (unpaired) electrons. The first kappa shape index (κ1) is 13.0. The molecule has 2 N–H and O–H groups in total. The average molecular weight is 227 g/mol. The van der Waals surface area contributed by atoms with Gasteiger partial charge < -0.3 is 10.4 Å². The first-order chi connectivity index (χ1) is 7.43. The van der Waals surface area contributed by atoms with Gasteiger partial charge in [0.15, 0.2) is 0 Å². The highest BCUT2D eigenvalue weighted by Gasteiger charge is 2.50. The lowest BCUT2D eigenvalue weighted by Crippen LogP contribution is -2.27. The number of aliphatic carboxylic acids is 1. The molecule has 1 saturated carbocycles. The number of carbonyl (C=O) groups excluding carboxylic acids is 1. The SMILES string of the molecule is CC1(C)CC1C(=O)NCCCCCC(=O)O. The van der Waals surface area contributed by atoms with Gasteiger partial charge in [-0.15, -0.1) is 0 Å². The van der Waals surface area contributed by atoms with Crippen molar-refractivity contribution in [2.75, 3.05) is 6.54 Å². The molecule has 16 heavy (non-hydrogen) atoms. The van der Waals surface area contributed by atoms with Crippen LogP contribution in [0.25, 0.3) is 0 Å². The highest BCUT2D eigenvalue weighted by atomic mass is 16.4. The second kappa shape index (κ2) is 5.32. The van der Waals surface area contributed by atoms with Crippen molar-refractivity contribution < 1.29 is 14.7 Å². The fourth-order valence-corrected chi connectivity index (χ4v) is 1.83. The monoisotopic (exact) mass is 227 g/mol. The zero-order valence-corrected chi connectivity index (χ0v) is 10.1. The zero-order chi connectivity index (χ0) is 12.2. The summed E-state index contributed by atoms with van der Waals surface area (Å²) in [4.78, 5) is 21.8. The molecule has 1 atom stereocenters. The Morgan fingerprint density at radius 2 is 1.94 bits per heavy atom. The molecule has 1 aliphatic carbocycles. The van der Waals surface area contributed by atoms with E-state index in [0.717, 1.165) is 19.3 Å². The standard InChI is InChI=1S/C12H21NO3/c1-12(2)8-9(12)11(16)13-7-5-3-4-6-10(14)15/h9H,3-8H2,1-2H3,(H,13,16)(H,14,15). The lowest BCUT2D eigenvalue weighted by atomic mass is 10.1. The number of rotatable bonds is 7. The van der Waals surface area contributed by atoms with Crippen molar-refractivity contribution in [3.63, 3.8) is 0 Å². The molecule has 1 amide bonds. The van der Waals surface area contributed by atoms with Crippen molar-refractivity contribution in [3.8, 4) is 0 Å². The minimum atomic E-state index is -0.747. The van der Waals surface area contributed by atoms with Gasteiger partial charge in [0, 0.05) is 18.9 Å². The van der Waals surface area contributed by atoms with Crippen LogP contribution in [0.5, 0.6) is 0 Å². The highest BCUT2D eigenvalue weighted by Crippen LogP contribution is 2.51. The molecule has 0 bridgehead atoms. The molecule has 1 unspecified atom stereocenters. The van der Waals surface area contributed by atoms with Gasteiger partial charge in [-0.25, -0.2) is 0 Å². The second-order valence-corrected chi connectivity index (χ2v) is 5.24. The maximum absolute atomic E-state index is 11.6. The number of nitrogens with one attached hydrogen (secondary N) is 1. The average Bonchev–Trinajstić information content (AvgIpc) is 2.80. The van der Waals surface area contributed by atoms with E-state index in [1.54, 1.807) is 0 Å². The van der Waals surface area contributed by atoms with Crippen LogP contribution in [-0.2, 0) is 9.59 Å². The van der Waals surface area contributed by atoms with Crippen LogP contribution < -0.4 is 5.32 Å². The van der Waals surface area contributed by atoms with E-state index in [0.29, 0.717) is 13.0 Å². The van der Waals surface area contributed by atoms with E-state index >= 15 is 0 Å². The molecule has 1 fully saturated rings. The van der Waals surface area contributed by atoms with E-state index in [1.165, 1.54) is 0 Å². The van der Waals surface area contributed by atoms with Gasteiger partial charge in [-0.05, 0) is 24.7 Å². The Morgan fingerprint density at radius 3 is 2.44 bits per heavy atom. The van der Waals surface area contributed by atoms with Gasteiger partial charge in [-0.1, -0.05) is 20.3 Å². The zero-order valence-electron chi connectivity index (χ0n) is 10.1. The number of carboxylic acid groups (broad SMARTS) is 1. The van der Waals surface area contributed by atoms with Crippen molar-refractivity contribution >= 4 is 11.9 Å². The molecule has 0 aliphatic heterocycles. The number of unbranched alkanes of at least 4 members (excludes halogenated alkanes) is 2. The van der Waals surface area contributed by atoms with Crippen molar-refractivity contribution in [1.82, 2.24) is 5.32 Å². The highest BCUT2D eigenvalue weighted by molar-refractivity contribution is 5.82. The van der Waals surface area contributed by atoms with Gasteiger partial charge in [-0.2, -0.15) is 0 Å². The lowest BCUT2D eigenvalue weighted by Gasteiger charge is -2.05. The van der Waals surface area contributed by atoms with Crippen molar-refractivity contribution in [2.24, 2.45) is 11.3 Å². The predicted molar refractivity (Wildman–Crippen MR) is 61.0 cm³/mol. The minimum absolute atomic E-state index is 0.156. The molecule has 0 spiro atoms. The lowest BCUT2D eigenvalue weighted by molar-refractivity contribution is -0.137. The molecular formula is C12H21NO3. The Kier molecular flexibility index (Phi) is 4.33. The first-order valence-electron chi connectivity index (χ1n) is 5.93. The van der Waals surface area contributed by atoms with Gasteiger partial charge in [0.1, 0.15) is 0 Å².